The van der Waals surface area contributed by atoms with Crippen LogP contribution in [0, 0.1) is 5.92 Å². The fraction of sp³-hybridized carbons (Fsp3) is 0.600. The van der Waals surface area contributed by atoms with Crippen molar-refractivity contribution in [2.45, 2.75) is 25.0 Å². The first-order valence-electron chi connectivity index (χ1n) is 5.22. The van der Waals surface area contributed by atoms with E-state index in [0.29, 0.717) is 28.9 Å². The van der Waals surface area contributed by atoms with Gasteiger partial charge in [0, 0.05) is 24.2 Å². The third-order valence-electron chi connectivity index (χ3n) is 2.11. The Labute approximate surface area is 101 Å². The van der Waals surface area contributed by atoms with E-state index >= 15 is 0 Å². The first-order chi connectivity index (χ1) is 7.37. The molecule has 6 heteroatoms. The van der Waals surface area contributed by atoms with Gasteiger partial charge < -0.3 is 5.73 Å². The molecule has 0 saturated carbocycles. The standard InChI is InChI=1S/C10H18N2O2S2/c1-4-12(6-8(2)3)16(13,14)10-5-9(11)7-15-10/h5,7-8H,4,6,11H2,1-3H3. The van der Waals surface area contributed by atoms with Crippen LogP contribution >= 0.6 is 11.3 Å². The highest BCUT2D eigenvalue weighted by Crippen LogP contribution is 2.25. The maximum atomic E-state index is 12.2. The van der Waals surface area contributed by atoms with Crippen molar-refractivity contribution in [2.24, 2.45) is 5.92 Å². The fourth-order valence-corrected chi connectivity index (χ4v) is 4.24. The van der Waals surface area contributed by atoms with E-state index in [1.54, 1.807) is 5.38 Å². The Bertz CT molecular complexity index is 437. The number of sulfonamides is 1. The van der Waals surface area contributed by atoms with Crippen LogP contribution in [0.1, 0.15) is 20.8 Å². The van der Waals surface area contributed by atoms with Gasteiger partial charge in [-0.1, -0.05) is 20.8 Å². The molecule has 92 valence electrons. The van der Waals surface area contributed by atoms with E-state index in [1.165, 1.54) is 21.7 Å². The summed E-state index contributed by atoms with van der Waals surface area (Å²) in [5, 5.41) is 1.65. The highest BCUT2D eigenvalue weighted by Gasteiger charge is 2.25. The second kappa shape index (κ2) is 5.16. The van der Waals surface area contributed by atoms with Crippen molar-refractivity contribution in [3.05, 3.63) is 11.4 Å². The molecular weight excluding hydrogens is 244 g/mol. The summed E-state index contributed by atoms with van der Waals surface area (Å²) in [5.74, 6) is 0.312. The van der Waals surface area contributed by atoms with Crippen LogP contribution in [0.4, 0.5) is 5.69 Å². The van der Waals surface area contributed by atoms with Gasteiger partial charge in [-0.2, -0.15) is 4.31 Å². The Morgan fingerprint density at radius 2 is 2.12 bits per heavy atom. The Morgan fingerprint density at radius 3 is 2.50 bits per heavy atom. The van der Waals surface area contributed by atoms with E-state index in [0.717, 1.165) is 0 Å². The summed E-state index contributed by atoms with van der Waals surface area (Å²) < 4.78 is 26.2. The second-order valence-corrected chi connectivity index (χ2v) is 7.12. The van der Waals surface area contributed by atoms with E-state index in [2.05, 4.69) is 0 Å². The summed E-state index contributed by atoms with van der Waals surface area (Å²) in [5.41, 5.74) is 6.05. The minimum absolute atomic E-state index is 0.312. The first-order valence-corrected chi connectivity index (χ1v) is 7.54. The van der Waals surface area contributed by atoms with Crippen LogP contribution in [0.3, 0.4) is 0 Å². The van der Waals surface area contributed by atoms with E-state index < -0.39 is 10.0 Å². The minimum Gasteiger partial charge on any atom is -0.398 e. The fourth-order valence-electron chi connectivity index (χ4n) is 1.40. The number of nitrogen functional groups attached to an aromatic ring is 1. The average Bonchev–Trinajstić information content (AvgIpc) is 2.61. The number of anilines is 1. The van der Waals surface area contributed by atoms with Crippen LogP contribution < -0.4 is 5.73 Å². The number of nitrogens with two attached hydrogens (primary N) is 1. The van der Waals surface area contributed by atoms with Crippen molar-refractivity contribution in [1.29, 1.82) is 0 Å². The molecule has 16 heavy (non-hydrogen) atoms. The zero-order valence-electron chi connectivity index (χ0n) is 9.80. The summed E-state index contributed by atoms with van der Waals surface area (Å²) in [4.78, 5) is 0. The molecule has 1 rings (SSSR count). The molecule has 0 fully saturated rings. The third-order valence-corrected chi connectivity index (χ3v) is 5.49. The summed E-state index contributed by atoms with van der Waals surface area (Å²) in [7, 11) is -3.35. The topological polar surface area (TPSA) is 63.4 Å². The molecule has 1 aromatic rings. The Hall–Kier alpha value is -0.590. The van der Waals surface area contributed by atoms with Crippen molar-refractivity contribution in [2.75, 3.05) is 18.8 Å². The molecule has 0 aliphatic carbocycles. The van der Waals surface area contributed by atoms with Gasteiger partial charge in [-0.05, 0) is 12.0 Å². The SMILES string of the molecule is CCN(CC(C)C)S(=O)(=O)c1cc(N)cs1. The molecule has 0 aliphatic rings. The first kappa shape index (κ1) is 13.5. The maximum absolute atomic E-state index is 12.2. The minimum atomic E-state index is -3.35. The van der Waals surface area contributed by atoms with Crippen molar-refractivity contribution in [3.8, 4) is 0 Å². The molecule has 0 aliphatic heterocycles. The molecule has 0 unspecified atom stereocenters. The third kappa shape index (κ3) is 2.96. The Morgan fingerprint density at radius 1 is 1.50 bits per heavy atom. The molecule has 0 radical (unpaired) electrons. The van der Waals surface area contributed by atoms with Gasteiger partial charge >= 0.3 is 0 Å². The highest BCUT2D eigenvalue weighted by atomic mass is 32.2. The molecule has 2 N–H and O–H groups in total. The lowest BCUT2D eigenvalue weighted by Gasteiger charge is -2.21. The van der Waals surface area contributed by atoms with Crippen LogP contribution in [0.15, 0.2) is 15.7 Å². The summed E-state index contributed by atoms with van der Waals surface area (Å²) in [6.07, 6.45) is 0. The normalized spacial score (nSPS) is 12.6. The number of hydrogen-bond acceptors (Lipinski definition) is 4. The van der Waals surface area contributed by atoms with Gasteiger partial charge in [0.15, 0.2) is 0 Å². The van der Waals surface area contributed by atoms with Crippen LogP contribution in [0.5, 0.6) is 0 Å². The van der Waals surface area contributed by atoms with Gasteiger partial charge in [0.1, 0.15) is 4.21 Å². The van der Waals surface area contributed by atoms with Gasteiger partial charge in [-0.3, -0.25) is 0 Å². The summed E-state index contributed by atoms with van der Waals surface area (Å²) >= 11 is 1.17. The molecule has 4 nitrogen and oxygen atoms in total. The predicted octanol–water partition coefficient (Wildman–Crippen LogP) is 2.00. The van der Waals surface area contributed by atoms with E-state index in [4.69, 9.17) is 5.73 Å². The molecular formula is C10H18N2O2S2. The molecule has 1 heterocycles. The number of hydrogen-bond donors (Lipinski definition) is 1. The van der Waals surface area contributed by atoms with Crippen LogP contribution in [-0.4, -0.2) is 25.8 Å². The number of thiophene rings is 1. The van der Waals surface area contributed by atoms with E-state index in [9.17, 15) is 8.42 Å². The van der Waals surface area contributed by atoms with Crippen molar-refractivity contribution in [1.82, 2.24) is 4.31 Å². The molecule has 0 amide bonds. The van der Waals surface area contributed by atoms with Crippen molar-refractivity contribution < 1.29 is 8.42 Å². The predicted molar refractivity (Wildman–Crippen MR) is 68.0 cm³/mol. The van der Waals surface area contributed by atoms with Gasteiger partial charge in [0.2, 0.25) is 0 Å². The lowest BCUT2D eigenvalue weighted by molar-refractivity contribution is 0.382. The van der Waals surface area contributed by atoms with E-state index in [1.807, 2.05) is 20.8 Å². The van der Waals surface area contributed by atoms with Crippen LogP contribution in [-0.2, 0) is 10.0 Å². The summed E-state index contributed by atoms with van der Waals surface area (Å²) in [6, 6.07) is 1.52. The quantitative estimate of drug-likeness (QED) is 0.882. The van der Waals surface area contributed by atoms with Crippen molar-refractivity contribution in [3.63, 3.8) is 0 Å². The molecule has 1 aromatic heterocycles. The van der Waals surface area contributed by atoms with Gasteiger partial charge in [0.25, 0.3) is 10.0 Å². The molecule has 0 saturated heterocycles. The number of nitrogens with zero attached hydrogens (tertiary/aromatic N) is 1. The average molecular weight is 262 g/mol. The lowest BCUT2D eigenvalue weighted by atomic mass is 10.2. The number of rotatable bonds is 5. The second-order valence-electron chi connectivity index (χ2n) is 4.05. The molecule has 0 aromatic carbocycles. The maximum Gasteiger partial charge on any atom is 0.252 e. The van der Waals surface area contributed by atoms with Crippen molar-refractivity contribution >= 4 is 27.0 Å². The van der Waals surface area contributed by atoms with Crippen LogP contribution in [0.2, 0.25) is 0 Å². The van der Waals surface area contributed by atoms with Gasteiger partial charge in [-0.25, -0.2) is 8.42 Å². The lowest BCUT2D eigenvalue weighted by Crippen LogP contribution is -2.33. The van der Waals surface area contributed by atoms with Gasteiger partial charge in [-0.15, -0.1) is 11.3 Å². The van der Waals surface area contributed by atoms with Crippen LogP contribution in [0.25, 0.3) is 0 Å². The smallest absolute Gasteiger partial charge is 0.252 e. The molecule has 0 spiro atoms. The summed E-state index contributed by atoms with van der Waals surface area (Å²) in [6.45, 7) is 6.87. The zero-order valence-corrected chi connectivity index (χ0v) is 11.4. The largest absolute Gasteiger partial charge is 0.398 e. The highest BCUT2D eigenvalue weighted by molar-refractivity contribution is 7.91. The van der Waals surface area contributed by atoms with Gasteiger partial charge in [0.05, 0.1) is 0 Å². The Kier molecular flexibility index (Phi) is 4.35. The molecule has 0 bridgehead atoms. The molecule has 0 atom stereocenters. The zero-order chi connectivity index (χ0) is 12.3. The monoisotopic (exact) mass is 262 g/mol. The Balaban J connectivity index is 2.99. The van der Waals surface area contributed by atoms with E-state index in [-0.39, 0.29) is 0 Å².